The van der Waals surface area contributed by atoms with Crippen molar-refractivity contribution in [3.8, 4) is 0 Å². The highest BCUT2D eigenvalue weighted by Crippen LogP contribution is 2.39. The third kappa shape index (κ3) is 4.84. The first kappa shape index (κ1) is 17.6. The van der Waals surface area contributed by atoms with Crippen molar-refractivity contribution in [3.05, 3.63) is 11.8 Å². The van der Waals surface area contributed by atoms with Crippen LogP contribution >= 0.6 is 11.8 Å². The summed E-state index contributed by atoms with van der Waals surface area (Å²) in [5, 5.41) is 0.0500. The van der Waals surface area contributed by atoms with Gasteiger partial charge in [0.2, 0.25) is 8.32 Å². The number of hydrogen-bond acceptors (Lipinski definition) is 4. The second-order valence-corrected chi connectivity index (χ2v) is 13.0. The Kier molecular flexibility index (Phi) is 5.78. The van der Waals surface area contributed by atoms with Crippen LogP contribution in [0.5, 0.6) is 0 Å². The Morgan fingerprint density at radius 1 is 1.40 bits per heavy atom. The standard InChI is InChI=1S/C15H28O3SSi/c1-11(2)17-14(16)13-10-12(8-9-19-13)18-20(6,7)15(3,4)5/h8,11,13H,9-10H2,1-7H3. The minimum atomic E-state index is -1.82. The molecule has 1 aliphatic rings. The molecule has 1 rings (SSSR count). The number of allylic oxidation sites excluding steroid dienone is 1. The predicted molar refractivity (Wildman–Crippen MR) is 88.5 cm³/mol. The topological polar surface area (TPSA) is 35.5 Å². The summed E-state index contributed by atoms with van der Waals surface area (Å²) in [6.07, 6.45) is 2.71. The maximum absolute atomic E-state index is 12.0. The normalized spacial score (nSPS) is 20.6. The molecule has 0 aromatic rings. The van der Waals surface area contributed by atoms with E-state index >= 15 is 0 Å². The SMILES string of the molecule is CC(C)OC(=O)C1CC(O[Si](C)(C)C(C)(C)C)=CCS1. The number of esters is 1. The summed E-state index contributed by atoms with van der Waals surface area (Å²) in [6, 6.07) is 0. The number of hydrogen-bond donors (Lipinski definition) is 0. The first-order chi connectivity index (χ1) is 9.03. The van der Waals surface area contributed by atoms with E-state index in [1.807, 2.05) is 13.8 Å². The molecule has 0 aromatic heterocycles. The molecule has 1 aliphatic heterocycles. The predicted octanol–water partition coefficient (Wildman–Crippen LogP) is 4.35. The molecule has 0 amide bonds. The van der Waals surface area contributed by atoms with Crippen LogP contribution in [-0.2, 0) is 14.0 Å². The van der Waals surface area contributed by atoms with Crippen LogP contribution in [0.1, 0.15) is 41.0 Å². The molecule has 1 atom stereocenters. The molecule has 0 bridgehead atoms. The van der Waals surface area contributed by atoms with Gasteiger partial charge >= 0.3 is 5.97 Å². The van der Waals surface area contributed by atoms with Crippen LogP contribution in [0, 0.1) is 0 Å². The molecule has 0 aromatic carbocycles. The molecular formula is C15H28O3SSi. The monoisotopic (exact) mass is 316 g/mol. The van der Waals surface area contributed by atoms with Crippen LogP contribution in [-0.4, -0.2) is 31.4 Å². The summed E-state index contributed by atoms with van der Waals surface area (Å²) in [4.78, 5) is 12.0. The molecule has 3 nitrogen and oxygen atoms in total. The molecule has 1 heterocycles. The summed E-state index contributed by atoms with van der Waals surface area (Å²) in [5.74, 6) is 1.68. The molecule has 0 aliphatic carbocycles. The zero-order valence-electron chi connectivity index (χ0n) is 13.8. The lowest BCUT2D eigenvalue weighted by Gasteiger charge is -2.38. The van der Waals surface area contributed by atoms with Gasteiger partial charge in [0.15, 0.2) is 0 Å². The average molecular weight is 317 g/mol. The van der Waals surface area contributed by atoms with Crippen molar-refractivity contribution in [2.45, 2.75) is 70.5 Å². The van der Waals surface area contributed by atoms with Gasteiger partial charge in [-0.2, -0.15) is 0 Å². The van der Waals surface area contributed by atoms with Gasteiger partial charge in [-0.3, -0.25) is 4.79 Å². The van der Waals surface area contributed by atoms with E-state index in [4.69, 9.17) is 9.16 Å². The number of carbonyl (C=O) groups is 1. The van der Waals surface area contributed by atoms with Gasteiger partial charge in [-0.15, -0.1) is 11.8 Å². The van der Waals surface area contributed by atoms with Gasteiger partial charge in [-0.25, -0.2) is 0 Å². The van der Waals surface area contributed by atoms with Crippen LogP contribution in [0.2, 0.25) is 18.1 Å². The first-order valence-electron chi connectivity index (χ1n) is 7.23. The van der Waals surface area contributed by atoms with E-state index in [0.717, 1.165) is 11.5 Å². The Bertz CT molecular complexity index is 383. The zero-order valence-corrected chi connectivity index (χ0v) is 15.6. The molecule has 0 saturated heterocycles. The van der Waals surface area contributed by atoms with E-state index in [0.29, 0.717) is 6.42 Å². The molecule has 0 fully saturated rings. The summed E-state index contributed by atoms with van der Waals surface area (Å²) in [6.45, 7) is 14.9. The van der Waals surface area contributed by atoms with Gasteiger partial charge in [0.05, 0.1) is 11.9 Å². The Morgan fingerprint density at radius 2 is 2.00 bits per heavy atom. The number of carbonyl (C=O) groups excluding carboxylic acids is 1. The Labute approximate surface area is 128 Å². The van der Waals surface area contributed by atoms with Crippen LogP contribution < -0.4 is 0 Å². The van der Waals surface area contributed by atoms with Gasteiger partial charge in [-0.05, 0) is 38.1 Å². The van der Waals surface area contributed by atoms with Crippen molar-refractivity contribution in [3.63, 3.8) is 0 Å². The minimum absolute atomic E-state index is 0.0567. The van der Waals surface area contributed by atoms with Gasteiger partial charge in [-0.1, -0.05) is 20.8 Å². The van der Waals surface area contributed by atoms with Gasteiger partial charge in [0.25, 0.3) is 0 Å². The molecule has 116 valence electrons. The Balaban J connectivity index is 2.66. The third-order valence-electron chi connectivity index (χ3n) is 3.80. The number of thioether (sulfide) groups is 1. The van der Waals surface area contributed by atoms with E-state index in [9.17, 15) is 4.79 Å². The fourth-order valence-electron chi connectivity index (χ4n) is 1.61. The highest BCUT2D eigenvalue weighted by atomic mass is 32.2. The Morgan fingerprint density at radius 3 is 2.50 bits per heavy atom. The smallest absolute Gasteiger partial charge is 0.319 e. The maximum atomic E-state index is 12.0. The van der Waals surface area contributed by atoms with Crippen molar-refractivity contribution in [1.82, 2.24) is 0 Å². The molecular weight excluding hydrogens is 288 g/mol. The van der Waals surface area contributed by atoms with Gasteiger partial charge in [0.1, 0.15) is 5.25 Å². The van der Waals surface area contributed by atoms with E-state index in [1.165, 1.54) is 0 Å². The summed E-state index contributed by atoms with van der Waals surface area (Å²) in [7, 11) is -1.82. The minimum Gasteiger partial charge on any atom is -0.547 e. The quantitative estimate of drug-likeness (QED) is 0.570. The zero-order chi connectivity index (χ0) is 15.6. The second kappa shape index (κ2) is 6.56. The summed E-state index contributed by atoms with van der Waals surface area (Å²) >= 11 is 1.64. The van der Waals surface area contributed by atoms with Crippen molar-refractivity contribution >= 4 is 26.0 Å². The molecule has 1 unspecified atom stereocenters. The van der Waals surface area contributed by atoms with Crippen molar-refractivity contribution in [2.24, 2.45) is 0 Å². The number of rotatable bonds is 4. The van der Waals surface area contributed by atoms with Crippen LogP contribution in [0.25, 0.3) is 0 Å². The van der Waals surface area contributed by atoms with E-state index in [-0.39, 0.29) is 22.4 Å². The highest BCUT2D eigenvalue weighted by Gasteiger charge is 2.40. The summed E-state index contributed by atoms with van der Waals surface area (Å²) < 4.78 is 11.6. The summed E-state index contributed by atoms with van der Waals surface area (Å²) in [5.41, 5.74) is 0. The third-order valence-corrected chi connectivity index (χ3v) is 9.31. The van der Waals surface area contributed by atoms with E-state index in [1.54, 1.807) is 11.8 Å². The fraction of sp³-hybridized carbons (Fsp3) is 0.800. The van der Waals surface area contributed by atoms with Crippen molar-refractivity contribution < 1.29 is 14.0 Å². The van der Waals surface area contributed by atoms with Crippen LogP contribution in [0.4, 0.5) is 0 Å². The first-order valence-corrected chi connectivity index (χ1v) is 11.2. The lowest BCUT2D eigenvalue weighted by molar-refractivity contribution is -0.146. The molecule has 0 spiro atoms. The largest absolute Gasteiger partial charge is 0.547 e. The highest BCUT2D eigenvalue weighted by molar-refractivity contribution is 8.00. The molecule has 0 saturated carbocycles. The molecule has 0 N–H and O–H groups in total. The second-order valence-electron chi connectivity index (χ2n) is 7.04. The maximum Gasteiger partial charge on any atom is 0.319 e. The lowest BCUT2D eigenvalue weighted by Crippen LogP contribution is -2.41. The van der Waals surface area contributed by atoms with Crippen molar-refractivity contribution in [2.75, 3.05) is 5.75 Å². The van der Waals surface area contributed by atoms with Gasteiger partial charge in [0, 0.05) is 12.2 Å². The van der Waals surface area contributed by atoms with Crippen LogP contribution in [0.3, 0.4) is 0 Å². The average Bonchev–Trinajstić information content (AvgIpc) is 2.26. The van der Waals surface area contributed by atoms with Crippen LogP contribution in [0.15, 0.2) is 11.8 Å². The van der Waals surface area contributed by atoms with Crippen molar-refractivity contribution in [1.29, 1.82) is 0 Å². The molecule has 0 radical (unpaired) electrons. The number of ether oxygens (including phenoxy) is 1. The van der Waals surface area contributed by atoms with Gasteiger partial charge < -0.3 is 9.16 Å². The molecule has 20 heavy (non-hydrogen) atoms. The van der Waals surface area contributed by atoms with E-state index < -0.39 is 8.32 Å². The fourth-order valence-corrected chi connectivity index (χ4v) is 3.72. The van der Waals surface area contributed by atoms with E-state index in [2.05, 4.69) is 39.9 Å². The Hall–Kier alpha value is -0.423. The molecule has 5 heteroatoms. The lowest BCUT2D eigenvalue weighted by atomic mass is 10.2.